The normalized spacial score (nSPS) is 24.4. The number of carbonyl (C=O) groups excluding carboxylic acids is 2. The van der Waals surface area contributed by atoms with Crippen LogP contribution in [0.15, 0.2) is 29.2 Å². The summed E-state index contributed by atoms with van der Waals surface area (Å²) in [7, 11) is -2.16. The molecule has 0 saturated carbocycles. The Morgan fingerprint density at radius 1 is 1.22 bits per heavy atom. The minimum atomic E-state index is -3.68. The zero-order valence-electron chi connectivity index (χ0n) is 15.6. The van der Waals surface area contributed by atoms with E-state index in [2.05, 4.69) is 5.32 Å². The van der Waals surface area contributed by atoms with Gasteiger partial charge in [-0.25, -0.2) is 8.42 Å². The quantitative estimate of drug-likeness (QED) is 0.798. The molecule has 2 heterocycles. The van der Waals surface area contributed by atoms with E-state index in [4.69, 9.17) is 4.74 Å². The van der Waals surface area contributed by atoms with Crippen LogP contribution in [0.5, 0.6) is 5.75 Å². The van der Waals surface area contributed by atoms with Crippen LogP contribution in [0, 0.1) is 5.92 Å². The Morgan fingerprint density at radius 2 is 1.93 bits per heavy atom. The van der Waals surface area contributed by atoms with Crippen LogP contribution < -0.4 is 10.1 Å². The summed E-state index contributed by atoms with van der Waals surface area (Å²) in [6.45, 7) is 3.09. The predicted molar refractivity (Wildman–Crippen MR) is 98.7 cm³/mol. The summed E-state index contributed by atoms with van der Waals surface area (Å²) in [5.41, 5.74) is 0. The van der Waals surface area contributed by atoms with Crippen molar-refractivity contribution in [1.29, 1.82) is 0 Å². The molecule has 1 N–H and O–H groups in total. The van der Waals surface area contributed by atoms with Crippen molar-refractivity contribution < 1.29 is 22.7 Å². The third kappa shape index (κ3) is 3.93. The van der Waals surface area contributed by atoms with Crippen molar-refractivity contribution in [3.05, 3.63) is 24.3 Å². The molecule has 27 heavy (non-hydrogen) atoms. The van der Waals surface area contributed by atoms with Crippen molar-refractivity contribution in [3.8, 4) is 5.75 Å². The number of piperidine rings is 1. The number of rotatable bonds is 4. The summed E-state index contributed by atoms with van der Waals surface area (Å²) < 4.78 is 32.3. The molecule has 8 nitrogen and oxygen atoms in total. The van der Waals surface area contributed by atoms with Gasteiger partial charge in [0.05, 0.1) is 17.9 Å². The van der Waals surface area contributed by atoms with Crippen LogP contribution in [0.2, 0.25) is 0 Å². The second-order valence-electron chi connectivity index (χ2n) is 6.88. The van der Waals surface area contributed by atoms with E-state index in [-0.39, 0.29) is 23.3 Å². The number of methoxy groups -OCH3 is 1. The molecule has 0 bridgehead atoms. The average Bonchev–Trinajstić information content (AvgIpc) is 2.69. The molecule has 0 radical (unpaired) electrons. The third-order valence-corrected chi connectivity index (χ3v) is 7.09. The summed E-state index contributed by atoms with van der Waals surface area (Å²) in [6.07, 6.45) is 1.23. The molecule has 9 heteroatoms. The van der Waals surface area contributed by atoms with E-state index in [1.54, 1.807) is 24.0 Å². The maximum Gasteiger partial charge on any atom is 0.243 e. The monoisotopic (exact) mass is 395 g/mol. The summed E-state index contributed by atoms with van der Waals surface area (Å²) in [6, 6.07) is 5.70. The number of nitrogens with one attached hydrogen (secondary N) is 1. The van der Waals surface area contributed by atoms with Crippen LogP contribution in [0.25, 0.3) is 0 Å². The Labute approximate surface area is 159 Å². The number of hydrogen-bond donors (Lipinski definition) is 1. The number of nitrogens with zero attached hydrogens (tertiary/aromatic N) is 2. The van der Waals surface area contributed by atoms with Crippen molar-refractivity contribution in [2.75, 3.05) is 33.3 Å². The van der Waals surface area contributed by atoms with E-state index >= 15 is 0 Å². The van der Waals surface area contributed by atoms with Gasteiger partial charge in [-0.1, -0.05) is 0 Å². The van der Waals surface area contributed by atoms with Crippen molar-refractivity contribution in [2.45, 2.75) is 30.7 Å². The van der Waals surface area contributed by atoms with E-state index in [0.29, 0.717) is 38.2 Å². The minimum Gasteiger partial charge on any atom is -0.497 e. The molecule has 0 spiro atoms. The second-order valence-corrected chi connectivity index (χ2v) is 8.81. The van der Waals surface area contributed by atoms with Crippen molar-refractivity contribution in [1.82, 2.24) is 14.5 Å². The Kier molecular flexibility index (Phi) is 5.71. The summed E-state index contributed by atoms with van der Waals surface area (Å²) in [5.74, 6) is -0.168. The smallest absolute Gasteiger partial charge is 0.243 e. The fraction of sp³-hybridized carbons (Fsp3) is 0.556. The largest absolute Gasteiger partial charge is 0.497 e. The highest BCUT2D eigenvalue weighted by molar-refractivity contribution is 7.89. The van der Waals surface area contributed by atoms with Gasteiger partial charge in [0, 0.05) is 26.2 Å². The highest BCUT2D eigenvalue weighted by atomic mass is 32.2. The zero-order chi connectivity index (χ0) is 19.6. The fourth-order valence-corrected chi connectivity index (χ4v) is 5.10. The number of piperazine rings is 1. The highest BCUT2D eigenvalue weighted by Crippen LogP contribution is 2.26. The Balaban J connectivity index is 1.74. The number of amides is 2. The molecule has 1 aromatic rings. The van der Waals surface area contributed by atoms with Gasteiger partial charge >= 0.3 is 0 Å². The lowest BCUT2D eigenvalue weighted by Crippen LogP contribution is -2.58. The van der Waals surface area contributed by atoms with Crippen molar-refractivity contribution in [2.24, 2.45) is 5.92 Å². The first-order valence-corrected chi connectivity index (χ1v) is 10.5. The topological polar surface area (TPSA) is 96.0 Å². The summed E-state index contributed by atoms with van der Waals surface area (Å²) in [5, 5.41) is 2.73. The highest BCUT2D eigenvalue weighted by Gasteiger charge is 2.38. The van der Waals surface area contributed by atoms with Gasteiger partial charge in [0.25, 0.3) is 0 Å². The van der Waals surface area contributed by atoms with E-state index < -0.39 is 22.0 Å². The Hall–Kier alpha value is -2.13. The van der Waals surface area contributed by atoms with Gasteiger partial charge in [-0.05, 0) is 44.0 Å². The van der Waals surface area contributed by atoms with Crippen molar-refractivity contribution in [3.63, 3.8) is 0 Å². The van der Waals surface area contributed by atoms with Crippen molar-refractivity contribution >= 4 is 21.8 Å². The van der Waals surface area contributed by atoms with Gasteiger partial charge in [0.15, 0.2) is 0 Å². The molecule has 1 aromatic carbocycles. The molecule has 3 rings (SSSR count). The Morgan fingerprint density at radius 3 is 2.59 bits per heavy atom. The minimum absolute atomic E-state index is 0.137. The predicted octanol–water partition coefficient (Wildman–Crippen LogP) is 0.443. The lowest BCUT2D eigenvalue weighted by molar-refractivity contribution is -0.146. The van der Waals surface area contributed by atoms with Gasteiger partial charge in [0.1, 0.15) is 11.8 Å². The van der Waals surface area contributed by atoms with Crippen LogP contribution in [-0.2, 0) is 19.6 Å². The summed E-state index contributed by atoms with van der Waals surface area (Å²) in [4.78, 5) is 26.5. The average molecular weight is 395 g/mol. The molecule has 0 aromatic heterocycles. The van der Waals surface area contributed by atoms with Crippen LogP contribution in [0.4, 0.5) is 0 Å². The molecule has 2 fully saturated rings. The fourth-order valence-electron chi connectivity index (χ4n) is 3.58. The molecular formula is C18H25N3O5S. The van der Waals surface area contributed by atoms with Gasteiger partial charge in [0.2, 0.25) is 21.8 Å². The van der Waals surface area contributed by atoms with E-state index in [0.717, 1.165) is 0 Å². The van der Waals surface area contributed by atoms with Crippen LogP contribution in [-0.4, -0.2) is 68.8 Å². The zero-order valence-corrected chi connectivity index (χ0v) is 16.4. The van der Waals surface area contributed by atoms with Crippen LogP contribution in [0.3, 0.4) is 0 Å². The number of hydrogen-bond acceptors (Lipinski definition) is 5. The van der Waals surface area contributed by atoms with Gasteiger partial charge in [-0.15, -0.1) is 0 Å². The van der Waals surface area contributed by atoms with E-state index in [9.17, 15) is 18.0 Å². The lowest BCUT2D eigenvalue weighted by Gasteiger charge is -2.38. The lowest BCUT2D eigenvalue weighted by atomic mass is 9.97. The van der Waals surface area contributed by atoms with E-state index in [1.807, 2.05) is 0 Å². The molecule has 2 aliphatic rings. The van der Waals surface area contributed by atoms with Crippen LogP contribution >= 0.6 is 0 Å². The molecule has 148 valence electrons. The standard InChI is InChI=1S/C18H25N3O5S/c1-13-17(22)19-9-11-21(13)18(23)14-4-3-10-20(12-14)27(24,25)16-7-5-15(26-2)6-8-16/h5-8,13-14H,3-4,9-12H2,1-2H3,(H,19,22)/t13-,14+/m0/s1. The number of benzene rings is 1. The first kappa shape index (κ1) is 19.6. The molecule has 0 aliphatic carbocycles. The second kappa shape index (κ2) is 7.85. The molecule has 2 aliphatic heterocycles. The summed E-state index contributed by atoms with van der Waals surface area (Å²) >= 11 is 0. The van der Waals surface area contributed by atoms with E-state index in [1.165, 1.54) is 23.5 Å². The first-order valence-electron chi connectivity index (χ1n) is 9.07. The SMILES string of the molecule is COc1ccc(S(=O)(=O)N2CCC[C@@H](C(=O)N3CCNC(=O)[C@@H]3C)C2)cc1. The Bertz CT molecular complexity index is 809. The molecule has 2 amide bonds. The van der Waals surface area contributed by atoms with Gasteiger partial charge < -0.3 is 15.0 Å². The van der Waals surface area contributed by atoms with Crippen LogP contribution in [0.1, 0.15) is 19.8 Å². The van der Waals surface area contributed by atoms with Gasteiger partial charge in [-0.2, -0.15) is 4.31 Å². The maximum absolute atomic E-state index is 12.9. The molecule has 2 saturated heterocycles. The first-order chi connectivity index (χ1) is 12.8. The van der Waals surface area contributed by atoms with Gasteiger partial charge in [-0.3, -0.25) is 9.59 Å². The molecule has 0 unspecified atom stereocenters. The number of ether oxygens (including phenoxy) is 1. The maximum atomic E-state index is 12.9. The number of carbonyl (C=O) groups is 2. The molecule has 2 atom stereocenters. The third-order valence-electron chi connectivity index (χ3n) is 5.21. The number of sulfonamides is 1. The molecular weight excluding hydrogens is 370 g/mol.